The topological polar surface area (TPSA) is 50.8 Å². The number of rotatable bonds is 8. The van der Waals surface area contributed by atoms with E-state index in [9.17, 15) is 9.18 Å². The summed E-state index contributed by atoms with van der Waals surface area (Å²) < 4.78 is 24.4. The molecular formula is C22H22ClFN2O3S. The number of hydrogen-bond acceptors (Lipinski definition) is 4. The monoisotopic (exact) mass is 448 g/mol. The molecule has 0 spiro atoms. The Hall–Kier alpha value is -2.64. The number of halogens is 2. The third kappa shape index (κ3) is 5.09. The van der Waals surface area contributed by atoms with Gasteiger partial charge in [-0.2, -0.15) is 0 Å². The summed E-state index contributed by atoms with van der Waals surface area (Å²) in [7, 11) is 1.56. The number of carbonyl (C=O) groups is 1. The van der Waals surface area contributed by atoms with Gasteiger partial charge >= 0.3 is 0 Å². The van der Waals surface area contributed by atoms with Gasteiger partial charge in [-0.05, 0) is 60.6 Å². The number of hydrogen-bond donors (Lipinski definition) is 1. The number of benzene rings is 2. The Bertz CT molecular complexity index is 996. The first-order chi connectivity index (χ1) is 14.4. The number of carbonyl (C=O) groups excluding carboxylic acids is 1. The van der Waals surface area contributed by atoms with Crippen LogP contribution in [0.1, 0.15) is 30.9 Å². The van der Waals surface area contributed by atoms with Gasteiger partial charge in [0.2, 0.25) is 0 Å². The molecule has 0 unspecified atom stereocenters. The zero-order valence-electron chi connectivity index (χ0n) is 16.7. The molecule has 0 bridgehead atoms. The molecule has 1 aliphatic rings. The number of thiocarbonyl (C=S) groups is 1. The Kier molecular flexibility index (Phi) is 7.29. The van der Waals surface area contributed by atoms with E-state index in [1.165, 1.54) is 18.2 Å². The first-order valence-electron chi connectivity index (χ1n) is 9.52. The summed E-state index contributed by atoms with van der Waals surface area (Å²) in [4.78, 5) is 14.2. The van der Waals surface area contributed by atoms with Gasteiger partial charge in [0, 0.05) is 12.1 Å². The molecule has 0 aliphatic carbocycles. The number of unbranched alkanes of at least 4 members (excludes halogenated alkanes) is 1. The van der Waals surface area contributed by atoms with Gasteiger partial charge in [0.1, 0.15) is 29.6 Å². The fraction of sp³-hybridized carbons (Fsp3) is 0.273. The quantitative estimate of drug-likeness (QED) is 0.458. The maximum Gasteiger partial charge on any atom is 0.276 e. The molecule has 2 aromatic rings. The van der Waals surface area contributed by atoms with Crippen LogP contribution in [0, 0.1) is 5.82 Å². The minimum atomic E-state index is -0.432. The van der Waals surface area contributed by atoms with Crippen molar-refractivity contribution in [2.24, 2.45) is 0 Å². The summed E-state index contributed by atoms with van der Waals surface area (Å²) in [6, 6.07) is 9.44. The predicted molar refractivity (Wildman–Crippen MR) is 119 cm³/mol. The van der Waals surface area contributed by atoms with Crippen LogP contribution in [0.25, 0.3) is 6.08 Å². The van der Waals surface area contributed by atoms with Crippen LogP contribution in [0.3, 0.4) is 0 Å². The second-order valence-electron chi connectivity index (χ2n) is 6.73. The van der Waals surface area contributed by atoms with Crippen molar-refractivity contribution in [2.75, 3.05) is 13.7 Å². The van der Waals surface area contributed by atoms with Crippen LogP contribution >= 0.6 is 23.8 Å². The average Bonchev–Trinajstić information content (AvgIpc) is 2.98. The third-order valence-corrected chi connectivity index (χ3v) is 5.21. The molecule has 1 fully saturated rings. The van der Waals surface area contributed by atoms with Crippen molar-refractivity contribution in [3.05, 3.63) is 64.1 Å². The molecule has 1 N–H and O–H groups in total. The molecule has 30 heavy (non-hydrogen) atoms. The Labute approximate surface area is 185 Å². The fourth-order valence-electron chi connectivity index (χ4n) is 3.01. The van der Waals surface area contributed by atoms with E-state index in [2.05, 4.69) is 12.2 Å². The van der Waals surface area contributed by atoms with E-state index in [1.807, 2.05) is 12.1 Å². The first-order valence-corrected chi connectivity index (χ1v) is 10.3. The Morgan fingerprint density at radius 1 is 1.23 bits per heavy atom. The van der Waals surface area contributed by atoms with E-state index in [1.54, 1.807) is 24.2 Å². The maximum absolute atomic E-state index is 13.2. The lowest BCUT2D eigenvalue weighted by atomic mass is 10.1. The van der Waals surface area contributed by atoms with Crippen LogP contribution in [-0.2, 0) is 11.4 Å². The van der Waals surface area contributed by atoms with Crippen LogP contribution in [0.4, 0.5) is 4.39 Å². The molecule has 1 amide bonds. The molecule has 1 aliphatic heterocycles. The van der Waals surface area contributed by atoms with Crippen LogP contribution in [-0.4, -0.2) is 29.6 Å². The van der Waals surface area contributed by atoms with E-state index >= 15 is 0 Å². The van der Waals surface area contributed by atoms with Crippen molar-refractivity contribution >= 4 is 40.9 Å². The van der Waals surface area contributed by atoms with Gasteiger partial charge in [0.15, 0.2) is 5.11 Å². The minimum absolute atomic E-state index is 0.139. The zero-order chi connectivity index (χ0) is 21.7. The smallest absolute Gasteiger partial charge is 0.276 e. The van der Waals surface area contributed by atoms with Gasteiger partial charge in [-0.3, -0.25) is 9.69 Å². The van der Waals surface area contributed by atoms with Crippen molar-refractivity contribution in [3.8, 4) is 11.5 Å². The maximum atomic E-state index is 13.2. The van der Waals surface area contributed by atoms with Gasteiger partial charge in [-0.1, -0.05) is 31.0 Å². The number of ether oxygens (including phenoxy) is 2. The van der Waals surface area contributed by atoms with Crippen molar-refractivity contribution in [2.45, 2.75) is 26.4 Å². The first kappa shape index (κ1) is 22.1. The molecule has 3 rings (SSSR count). The van der Waals surface area contributed by atoms with Crippen molar-refractivity contribution in [1.29, 1.82) is 0 Å². The van der Waals surface area contributed by atoms with Gasteiger partial charge in [-0.25, -0.2) is 4.39 Å². The highest BCUT2D eigenvalue weighted by molar-refractivity contribution is 7.80. The van der Waals surface area contributed by atoms with Gasteiger partial charge in [0.05, 0.1) is 12.1 Å². The second-order valence-corrected chi connectivity index (χ2v) is 7.53. The molecule has 5 nitrogen and oxygen atoms in total. The molecule has 2 aromatic carbocycles. The lowest BCUT2D eigenvalue weighted by molar-refractivity contribution is -0.122. The third-order valence-electron chi connectivity index (χ3n) is 4.59. The summed E-state index contributed by atoms with van der Waals surface area (Å²) in [5.74, 6) is 0.424. The van der Waals surface area contributed by atoms with Gasteiger partial charge in [0.25, 0.3) is 5.91 Å². The summed E-state index contributed by atoms with van der Waals surface area (Å²) in [5.41, 5.74) is 1.97. The Morgan fingerprint density at radius 3 is 2.70 bits per heavy atom. The number of methoxy groups -OCH3 is 1. The predicted octanol–water partition coefficient (Wildman–Crippen LogP) is 4.92. The van der Waals surface area contributed by atoms with E-state index in [-0.39, 0.29) is 17.5 Å². The van der Waals surface area contributed by atoms with Crippen molar-refractivity contribution < 1.29 is 18.7 Å². The lowest BCUT2D eigenvalue weighted by Gasteiger charge is -2.13. The van der Waals surface area contributed by atoms with Crippen LogP contribution in [0.15, 0.2) is 42.1 Å². The zero-order valence-corrected chi connectivity index (χ0v) is 18.3. The lowest BCUT2D eigenvalue weighted by Crippen LogP contribution is -2.31. The molecule has 0 saturated carbocycles. The van der Waals surface area contributed by atoms with Crippen LogP contribution < -0.4 is 14.8 Å². The summed E-state index contributed by atoms with van der Waals surface area (Å²) in [6.07, 6.45) is 3.61. The molecule has 0 atom stereocenters. The molecule has 1 heterocycles. The van der Waals surface area contributed by atoms with Crippen molar-refractivity contribution in [3.63, 3.8) is 0 Å². The van der Waals surface area contributed by atoms with Crippen LogP contribution in [0.2, 0.25) is 5.02 Å². The normalized spacial score (nSPS) is 14.9. The number of amides is 1. The second kappa shape index (κ2) is 9.91. The minimum Gasteiger partial charge on any atom is -0.496 e. The standard InChI is InChI=1S/C22H22ClFN2O3S/c1-3-4-9-26-21(27)18(25-22(26)30)11-14-5-7-19(28-2)15(10-14)13-29-20-8-6-16(24)12-17(20)23/h5-8,10-12H,3-4,9,13H2,1-2H3,(H,25,30)/b18-11+. The highest BCUT2D eigenvalue weighted by Gasteiger charge is 2.29. The van der Waals surface area contributed by atoms with E-state index in [0.717, 1.165) is 24.0 Å². The van der Waals surface area contributed by atoms with Crippen molar-refractivity contribution in [1.82, 2.24) is 10.2 Å². The summed E-state index contributed by atoms with van der Waals surface area (Å²) in [5, 5.41) is 3.59. The molecule has 1 saturated heterocycles. The fourth-order valence-corrected chi connectivity index (χ4v) is 3.51. The Morgan fingerprint density at radius 2 is 2.00 bits per heavy atom. The number of nitrogens with zero attached hydrogens (tertiary/aromatic N) is 1. The van der Waals surface area contributed by atoms with Crippen LogP contribution in [0.5, 0.6) is 11.5 Å². The molecule has 8 heteroatoms. The average molecular weight is 449 g/mol. The summed E-state index contributed by atoms with van der Waals surface area (Å²) in [6.45, 7) is 2.82. The van der Waals surface area contributed by atoms with Gasteiger partial charge in [-0.15, -0.1) is 0 Å². The van der Waals surface area contributed by atoms with Gasteiger partial charge < -0.3 is 14.8 Å². The summed E-state index contributed by atoms with van der Waals surface area (Å²) >= 11 is 11.3. The SMILES string of the molecule is CCCCN1C(=O)/C(=C\c2ccc(OC)c(COc3ccc(F)cc3Cl)c2)NC1=S. The molecular weight excluding hydrogens is 427 g/mol. The highest BCUT2D eigenvalue weighted by Crippen LogP contribution is 2.28. The van der Waals surface area contributed by atoms with E-state index in [4.69, 9.17) is 33.3 Å². The van der Waals surface area contributed by atoms with E-state index in [0.29, 0.717) is 28.9 Å². The molecule has 0 radical (unpaired) electrons. The molecule has 158 valence electrons. The van der Waals surface area contributed by atoms with E-state index < -0.39 is 5.82 Å². The molecule has 0 aromatic heterocycles. The number of nitrogens with one attached hydrogen (secondary N) is 1. The Balaban J connectivity index is 1.79. The highest BCUT2D eigenvalue weighted by atomic mass is 35.5. The largest absolute Gasteiger partial charge is 0.496 e.